The Morgan fingerprint density at radius 1 is 0.878 bits per heavy atom. The molecule has 10 nitrogen and oxygen atoms in total. The number of benzene rings is 3. The van der Waals surface area contributed by atoms with Crippen LogP contribution in [0.1, 0.15) is 66.4 Å². The molecule has 256 valence electrons. The molecule has 1 aliphatic carbocycles. The van der Waals surface area contributed by atoms with E-state index in [4.69, 9.17) is 5.73 Å². The predicted octanol–water partition coefficient (Wildman–Crippen LogP) is 5.67. The van der Waals surface area contributed by atoms with Crippen LogP contribution in [0, 0.1) is 23.6 Å². The van der Waals surface area contributed by atoms with Crippen LogP contribution in [-0.2, 0) is 16.0 Å². The second-order valence-electron chi connectivity index (χ2n) is 13.3. The molecule has 0 unspecified atom stereocenters. The second-order valence-corrected chi connectivity index (χ2v) is 13.3. The minimum Gasteiger partial charge on any atom is -0.349 e. The minimum atomic E-state index is -0.575. The van der Waals surface area contributed by atoms with E-state index >= 15 is 0 Å². The molecule has 2 amide bonds. The zero-order chi connectivity index (χ0) is 34.2. The third-order valence-electron chi connectivity index (χ3n) is 9.97. The Bertz CT molecular complexity index is 1690. The van der Waals surface area contributed by atoms with E-state index in [0.29, 0.717) is 37.1 Å². The van der Waals surface area contributed by atoms with E-state index in [1.807, 2.05) is 36.4 Å². The predicted molar refractivity (Wildman–Crippen MR) is 188 cm³/mol. The standard InChI is InChI=1S/C38H44FN7O3/c39-34-14-11-29(20-33(34)38(49)45-32-15-17-41-18-16-32)26-5-1-24(2-6-26)19-30(21-35(47)27-7-3-25(22-40)4-8-27)37(48)44-31-12-9-28(10-13-31)36-42-23-43-46-36/h1-2,5-6,9-14,20,25,27,30,32,41H,3-4,7-8,15-19,21-23,40H2,(H,44,48)(H,45,49)/t25?,27?,30-/m1/s1. The van der Waals surface area contributed by atoms with Gasteiger partial charge in [-0.05, 0) is 124 Å². The van der Waals surface area contributed by atoms with Crippen molar-refractivity contribution in [2.75, 3.05) is 31.6 Å². The maximum atomic E-state index is 14.7. The van der Waals surface area contributed by atoms with Crippen LogP contribution >= 0.6 is 0 Å². The first-order valence-electron chi connectivity index (χ1n) is 17.3. The molecule has 6 rings (SSSR count). The second kappa shape index (κ2) is 16.2. The fourth-order valence-corrected chi connectivity index (χ4v) is 6.94. The van der Waals surface area contributed by atoms with E-state index in [2.05, 4.69) is 31.2 Å². The number of anilines is 1. The van der Waals surface area contributed by atoms with Crippen molar-refractivity contribution in [2.24, 2.45) is 38.7 Å². The lowest BCUT2D eigenvalue weighted by Gasteiger charge is -2.27. The van der Waals surface area contributed by atoms with Crippen LogP contribution in [0.3, 0.4) is 0 Å². The van der Waals surface area contributed by atoms with Crippen LogP contribution in [0.15, 0.2) is 82.0 Å². The Kier molecular flexibility index (Phi) is 11.3. The number of nitrogens with zero attached hydrogens (tertiary/aromatic N) is 3. The van der Waals surface area contributed by atoms with Gasteiger partial charge < -0.3 is 21.7 Å². The van der Waals surface area contributed by atoms with E-state index in [9.17, 15) is 18.8 Å². The Hall–Kier alpha value is -4.61. The number of hydrogen-bond donors (Lipinski definition) is 4. The minimum absolute atomic E-state index is 0.0181. The van der Waals surface area contributed by atoms with Gasteiger partial charge >= 0.3 is 0 Å². The number of nitrogens with two attached hydrogens (primary N) is 1. The molecule has 11 heteroatoms. The van der Waals surface area contributed by atoms with Crippen LogP contribution in [0.5, 0.6) is 0 Å². The lowest BCUT2D eigenvalue weighted by Crippen LogP contribution is -2.42. The van der Waals surface area contributed by atoms with Gasteiger partial charge in [-0.2, -0.15) is 5.11 Å². The number of halogens is 1. The monoisotopic (exact) mass is 665 g/mol. The zero-order valence-corrected chi connectivity index (χ0v) is 27.7. The largest absolute Gasteiger partial charge is 0.349 e. The van der Waals surface area contributed by atoms with Crippen LogP contribution in [0.2, 0.25) is 0 Å². The molecule has 2 aliphatic heterocycles. The Morgan fingerprint density at radius 2 is 1.57 bits per heavy atom. The van der Waals surface area contributed by atoms with Crippen molar-refractivity contribution in [3.8, 4) is 11.1 Å². The third-order valence-corrected chi connectivity index (χ3v) is 9.97. The summed E-state index contributed by atoms with van der Waals surface area (Å²) in [6.07, 6.45) is 5.63. The first kappa shape index (κ1) is 34.3. The topological polar surface area (TPSA) is 150 Å². The van der Waals surface area contributed by atoms with Crippen molar-refractivity contribution in [3.05, 3.63) is 89.2 Å². The Labute approximate surface area is 286 Å². The van der Waals surface area contributed by atoms with Gasteiger partial charge in [0.25, 0.3) is 5.91 Å². The highest BCUT2D eigenvalue weighted by atomic mass is 19.1. The van der Waals surface area contributed by atoms with Gasteiger partial charge in [-0.1, -0.05) is 30.3 Å². The number of azo groups is 1. The number of aliphatic imine (C=N–C) groups is 1. The van der Waals surface area contributed by atoms with Gasteiger partial charge in [0.05, 0.1) is 5.56 Å². The summed E-state index contributed by atoms with van der Waals surface area (Å²) >= 11 is 0. The number of nitrogens with one attached hydrogen (secondary N) is 3. The number of piperidine rings is 1. The van der Waals surface area contributed by atoms with Gasteiger partial charge in [-0.3, -0.25) is 14.4 Å². The molecule has 3 aromatic carbocycles. The highest BCUT2D eigenvalue weighted by Gasteiger charge is 2.30. The molecule has 0 radical (unpaired) electrons. The molecule has 2 fully saturated rings. The summed E-state index contributed by atoms with van der Waals surface area (Å²) in [6.45, 7) is 2.61. The first-order valence-corrected chi connectivity index (χ1v) is 17.3. The van der Waals surface area contributed by atoms with Gasteiger partial charge in [0.2, 0.25) is 5.91 Å². The zero-order valence-electron chi connectivity index (χ0n) is 27.7. The summed E-state index contributed by atoms with van der Waals surface area (Å²) in [7, 11) is 0. The average Bonchev–Trinajstić information content (AvgIpc) is 3.68. The molecule has 0 aromatic heterocycles. The normalized spacial score (nSPS) is 20.0. The molecule has 1 saturated carbocycles. The molecule has 1 saturated heterocycles. The molecule has 2 heterocycles. The van der Waals surface area contributed by atoms with Crippen LogP contribution < -0.4 is 21.7 Å². The summed E-state index contributed by atoms with van der Waals surface area (Å²) < 4.78 is 14.7. The number of Topliss-reactive ketones (excluding diaryl/α,β-unsaturated/α-hetero) is 1. The summed E-state index contributed by atoms with van der Waals surface area (Å²) in [5, 5.41) is 17.2. The van der Waals surface area contributed by atoms with Crippen molar-refractivity contribution >= 4 is 29.1 Å². The molecule has 1 atom stereocenters. The lowest BCUT2D eigenvalue weighted by molar-refractivity contribution is -0.129. The van der Waals surface area contributed by atoms with Crippen LogP contribution in [0.25, 0.3) is 11.1 Å². The van der Waals surface area contributed by atoms with Gasteiger partial charge in [-0.25, -0.2) is 9.38 Å². The van der Waals surface area contributed by atoms with Gasteiger partial charge in [-0.15, -0.1) is 5.11 Å². The Morgan fingerprint density at radius 3 is 2.24 bits per heavy atom. The molecule has 3 aromatic rings. The van der Waals surface area contributed by atoms with Crippen molar-refractivity contribution < 1.29 is 18.8 Å². The quantitative estimate of drug-likeness (QED) is 0.197. The van der Waals surface area contributed by atoms with Gasteiger partial charge in [0.15, 0.2) is 12.5 Å². The number of hydrogen-bond acceptors (Lipinski definition) is 8. The van der Waals surface area contributed by atoms with E-state index < -0.39 is 17.6 Å². The molecule has 5 N–H and O–H groups in total. The molecule has 0 spiro atoms. The molecule has 3 aliphatic rings. The molecular formula is C38H44FN7O3. The number of rotatable bonds is 12. The van der Waals surface area contributed by atoms with Crippen molar-refractivity contribution in [1.29, 1.82) is 0 Å². The van der Waals surface area contributed by atoms with Crippen molar-refractivity contribution in [1.82, 2.24) is 10.6 Å². The smallest absolute Gasteiger partial charge is 0.254 e. The molecular weight excluding hydrogens is 621 g/mol. The highest BCUT2D eigenvalue weighted by Crippen LogP contribution is 2.31. The van der Waals surface area contributed by atoms with Gasteiger partial charge in [0, 0.05) is 35.5 Å². The highest BCUT2D eigenvalue weighted by molar-refractivity contribution is 6.01. The maximum Gasteiger partial charge on any atom is 0.254 e. The van der Waals surface area contributed by atoms with E-state index in [1.54, 1.807) is 24.3 Å². The van der Waals surface area contributed by atoms with E-state index in [-0.39, 0.29) is 35.6 Å². The molecule has 0 bridgehead atoms. The third kappa shape index (κ3) is 8.90. The number of amides is 2. The number of carbonyl (C=O) groups excluding carboxylic acids is 3. The summed E-state index contributed by atoms with van der Waals surface area (Å²) in [6, 6.07) is 19.5. The average molecular weight is 666 g/mol. The SMILES string of the molecule is NCC1CCC(C(=O)C[C@@H](Cc2ccc(-c3ccc(F)c(C(=O)NC4CCNCC4)c3)cc2)C(=O)Nc2ccc(C3=NCN=N3)cc2)CC1. The van der Waals surface area contributed by atoms with E-state index in [0.717, 1.165) is 73.9 Å². The van der Waals surface area contributed by atoms with Crippen molar-refractivity contribution in [3.63, 3.8) is 0 Å². The van der Waals surface area contributed by atoms with E-state index in [1.165, 1.54) is 6.07 Å². The van der Waals surface area contributed by atoms with Gasteiger partial charge in [0.1, 0.15) is 11.6 Å². The number of carbonyl (C=O) groups is 3. The summed E-state index contributed by atoms with van der Waals surface area (Å²) in [5.41, 5.74) is 9.76. The number of ketones is 1. The van der Waals surface area contributed by atoms with Crippen LogP contribution in [-0.4, -0.2) is 55.8 Å². The maximum absolute atomic E-state index is 14.7. The van der Waals surface area contributed by atoms with Crippen LogP contribution in [0.4, 0.5) is 10.1 Å². The fraction of sp³-hybridized carbons (Fsp3) is 0.421. The fourth-order valence-electron chi connectivity index (χ4n) is 6.94. The molecule has 49 heavy (non-hydrogen) atoms. The number of amidine groups is 1. The Balaban J connectivity index is 1.15. The lowest BCUT2D eigenvalue weighted by atomic mass is 9.77. The first-order chi connectivity index (χ1) is 23.9. The summed E-state index contributed by atoms with van der Waals surface area (Å²) in [4.78, 5) is 44.4. The summed E-state index contributed by atoms with van der Waals surface area (Å²) in [5.74, 6) is -0.681. The van der Waals surface area contributed by atoms with Crippen molar-refractivity contribution in [2.45, 2.75) is 57.4 Å².